The number of anilines is 1. The van der Waals surface area contributed by atoms with Gasteiger partial charge in [0, 0.05) is 12.3 Å². The average molecular weight is 404 g/mol. The van der Waals surface area contributed by atoms with E-state index in [4.69, 9.17) is 0 Å². The number of benzene rings is 2. The Bertz CT molecular complexity index is 1010. The van der Waals surface area contributed by atoms with E-state index in [1.165, 1.54) is 16.4 Å². The number of fused-ring (bicyclic) bond motifs is 3. The molecule has 0 aliphatic carbocycles. The summed E-state index contributed by atoms with van der Waals surface area (Å²) in [6.45, 7) is 1.67. The van der Waals surface area contributed by atoms with E-state index in [9.17, 15) is 22.7 Å². The van der Waals surface area contributed by atoms with E-state index in [1.54, 1.807) is 24.0 Å². The number of carbonyl (C=O) groups is 1. The second kappa shape index (κ2) is 6.86. The summed E-state index contributed by atoms with van der Waals surface area (Å²) < 4.78 is 41.1. The number of likely N-dealkylation sites (tertiary alicyclic amines) is 1. The van der Waals surface area contributed by atoms with Crippen molar-refractivity contribution in [2.24, 2.45) is 0 Å². The van der Waals surface area contributed by atoms with Crippen molar-refractivity contribution in [1.82, 2.24) is 4.90 Å². The van der Waals surface area contributed by atoms with Crippen LogP contribution in [0.5, 0.6) is 0 Å². The average Bonchev–Trinajstić information content (AvgIpc) is 2.68. The normalized spacial score (nSPS) is 23.6. The highest BCUT2D eigenvalue weighted by molar-refractivity contribution is 7.92. The Labute approximate surface area is 163 Å². The molecule has 0 unspecified atom stereocenters. The van der Waals surface area contributed by atoms with Gasteiger partial charge >= 0.3 is 0 Å². The molecule has 28 heavy (non-hydrogen) atoms. The molecule has 2 aromatic rings. The predicted molar refractivity (Wildman–Crippen MR) is 102 cm³/mol. The molecule has 3 atom stereocenters. The topological polar surface area (TPSA) is 77.9 Å². The number of rotatable bonds is 4. The van der Waals surface area contributed by atoms with Crippen LogP contribution in [0, 0.1) is 5.82 Å². The first-order valence-corrected chi connectivity index (χ1v) is 10.6. The highest BCUT2D eigenvalue weighted by Gasteiger charge is 2.55. The lowest BCUT2D eigenvalue weighted by Gasteiger charge is -2.58. The van der Waals surface area contributed by atoms with Crippen LogP contribution in [0.4, 0.5) is 10.1 Å². The van der Waals surface area contributed by atoms with Crippen molar-refractivity contribution in [3.05, 3.63) is 59.9 Å². The molecule has 0 bridgehead atoms. The predicted octanol–water partition coefficient (Wildman–Crippen LogP) is 2.10. The molecule has 1 N–H and O–H groups in total. The molecular weight excluding hydrogens is 383 g/mol. The Balaban J connectivity index is 1.80. The molecule has 2 aromatic carbocycles. The zero-order chi connectivity index (χ0) is 20.1. The van der Waals surface area contributed by atoms with Crippen LogP contribution in [0.2, 0.25) is 0 Å². The number of hydrogen-bond donors (Lipinski definition) is 1. The van der Waals surface area contributed by atoms with Gasteiger partial charge in [0.25, 0.3) is 10.0 Å². The molecule has 1 saturated heterocycles. The monoisotopic (exact) mass is 404 g/mol. The summed E-state index contributed by atoms with van der Waals surface area (Å²) >= 11 is 0. The van der Waals surface area contributed by atoms with Crippen LogP contribution in [-0.4, -0.2) is 49.6 Å². The molecular formula is C20H21FN2O4S. The number of halogens is 1. The zero-order valence-electron chi connectivity index (χ0n) is 15.3. The summed E-state index contributed by atoms with van der Waals surface area (Å²) in [5, 5.41) is 9.83. The summed E-state index contributed by atoms with van der Waals surface area (Å²) in [7, 11) is -3.93. The third-order valence-electron chi connectivity index (χ3n) is 5.64. The number of carbonyl (C=O) groups excluding carboxylic acids is 1. The molecule has 6 nitrogen and oxygen atoms in total. The van der Waals surface area contributed by atoms with E-state index in [1.807, 2.05) is 12.1 Å². The molecule has 0 saturated carbocycles. The Hall–Kier alpha value is -2.45. The second-order valence-corrected chi connectivity index (χ2v) is 8.91. The van der Waals surface area contributed by atoms with Gasteiger partial charge in [-0.2, -0.15) is 0 Å². The second-order valence-electron chi connectivity index (χ2n) is 7.05. The molecule has 1 amide bonds. The number of para-hydroxylation sites is 1. The number of sulfonamides is 1. The maximum atomic E-state index is 13.3. The molecule has 1 fully saturated rings. The molecule has 2 aliphatic heterocycles. The molecule has 148 valence electrons. The first-order valence-electron chi connectivity index (χ1n) is 9.19. The van der Waals surface area contributed by atoms with Crippen LogP contribution < -0.4 is 4.31 Å². The summed E-state index contributed by atoms with van der Waals surface area (Å²) in [5.41, 5.74) is 1.33. The molecule has 0 radical (unpaired) electrons. The number of amides is 1. The first-order chi connectivity index (χ1) is 13.4. The molecule has 8 heteroatoms. The highest BCUT2D eigenvalue weighted by Crippen LogP contribution is 2.49. The smallest absolute Gasteiger partial charge is 0.264 e. The molecule has 2 heterocycles. The number of aliphatic hydroxyl groups excluding tert-OH is 1. The lowest BCUT2D eigenvalue weighted by atomic mass is 9.72. The fourth-order valence-corrected chi connectivity index (χ4v) is 5.85. The van der Waals surface area contributed by atoms with Crippen molar-refractivity contribution in [1.29, 1.82) is 0 Å². The SMILES string of the molecule is CCC(=O)N1[C@@H]2CN(S(=O)(=O)c3ccc(F)cc3)c3ccccc3[C@@H]2[C@@H]1CO. The maximum Gasteiger partial charge on any atom is 0.264 e. The van der Waals surface area contributed by atoms with E-state index in [-0.39, 0.29) is 48.4 Å². The lowest BCUT2D eigenvalue weighted by molar-refractivity contribution is -0.149. The number of hydrogen-bond acceptors (Lipinski definition) is 4. The van der Waals surface area contributed by atoms with E-state index in [0.717, 1.165) is 17.7 Å². The lowest BCUT2D eigenvalue weighted by Crippen LogP contribution is -2.70. The van der Waals surface area contributed by atoms with Gasteiger partial charge in [0.05, 0.1) is 35.8 Å². The maximum absolute atomic E-state index is 13.3. The standard InChI is InChI=1S/C20H21FN2O4S/c1-2-19(25)23-17-11-22(28(26,27)14-9-7-13(21)8-10-14)16-6-4-3-5-15(16)20(17)18(23)12-24/h3-10,17-18,20,24H,2,11-12H2,1H3/t17-,18+,20+/m1/s1. The third kappa shape index (κ3) is 2.70. The Kier molecular flexibility index (Phi) is 4.63. The van der Waals surface area contributed by atoms with Crippen LogP contribution in [0.1, 0.15) is 24.8 Å². The van der Waals surface area contributed by atoms with Crippen LogP contribution in [0.15, 0.2) is 53.4 Å². The Morgan fingerprint density at radius 1 is 1.18 bits per heavy atom. The van der Waals surface area contributed by atoms with Crippen molar-refractivity contribution in [3.63, 3.8) is 0 Å². The number of aliphatic hydroxyl groups is 1. The number of nitrogens with zero attached hydrogens (tertiary/aromatic N) is 2. The van der Waals surface area contributed by atoms with Crippen LogP contribution in [0.25, 0.3) is 0 Å². The van der Waals surface area contributed by atoms with Gasteiger partial charge in [-0.15, -0.1) is 0 Å². The molecule has 0 spiro atoms. The van der Waals surface area contributed by atoms with Gasteiger partial charge in [0.15, 0.2) is 0 Å². The van der Waals surface area contributed by atoms with Crippen molar-refractivity contribution in [2.45, 2.75) is 36.2 Å². The highest BCUT2D eigenvalue weighted by atomic mass is 32.2. The van der Waals surface area contributed by atoms with Gasteiger partial charge in [-0.05, 0) is 35.9 Å². The molecule has 2 aliphatic rings. The van der Waals surface area contributed by atoms with E-state index < -0.39 is 15.8 Å². The van der Waals surface area contributed by atoms with E-state index in [2.05, 4.69) is 0 Å². The minimum absolute atomic E-state index is 0.00597. The molecule has 4 rings (SSSR count). The van der Waals surface area contributed by atoms with Crippen molar-refractivity contribution < 1.29 is 22.7 Å². The van der Waals surface area contributed by atoms with Crippen LogP contribution in [0.3, 0.4) is 0 Å². The fourth-order valence-electron chi connectivity index (χ4n) is 4.34. The van der Waals surface area contributed by atoms with Gasteiger partial charge < -0.3 is 10.0 Å². The Morgan fingerprint density at radius 3 is 2.50 bits per heavy atom. The van der Waals surface area contributed by atoms with Crippen LogP contribution in [-0.2, 0) is 14.8 Å². The zero-order valence-corrected chi connectivity index (χ0v) is 16.1. The van der Waals surface area contributed by atoms with Gasteiger partial charge in [-0.3, -0.25) is 9.10 Å². The van der Waals surface area contributed by atoms with E-state index in [0.29, 0.717) is 5.69 Å². The minimum atomic E-state index is -3.93. The summed E-state index contributed by atoms with van der Waals surface area (Å²) in [6.07, 6.45) is 0.284. The van der Waals surface area contributed by atoms with Gasteiger partial charge in [-0.1, -0.05) is 25.1 Å². The summed E-state index contributed by atoms with van der Waals surface area (Å²) in [5.74, 6) is -0.738. The largest absolute Gasteiger partial charge is 0.394 e. The van der Waals surface area contributed by atoms with Crippen molar-refractivity contribution in [2.75, 3.05) is 17.5 Å². The van der Waals surface area contributed by atoms with E-state index >= 15 is 0 Å². The van der Waals surface area contributed by atoms with Gasteiger partial charge in [0.1, 0.15) is 5.82 Å². The minimum Gasteiger partial charge on any atom is -0.394 e. The molecule has 0 aromatic heterocycles. The van der Waals surface area contributed by atoms with Gasteiger partial charge in [-0.25, -0.2) is 12.8 Å². The summed E-state index contributed by atoms with van der Waals surface area (Å²) in [6, 6.07) is 11.2. The van der Waals surface area contributed by atoms with Gasteiger partial charge in [0.2, 0.25) is 5.91 Å². The van der Waals surface area contributed by atoms with Crippen molar-refractivity contribution in [3.8, 4) is 0 Å². The third-order valence-corrected chi connectivity index (χ3v) is 7.43. The fraction of sp³-hybridized carbons (Fsp3) is 0.350. The van der Waals surface area contributed by atoms with Crippen LogP contribution >= 0.6 is 0 Å². The summed E-state index contributed by atoms with van der Waals surface area (Å²) in [4.78, 5) is 14.0. The van der Waals surface area contributed by atoms with Crippen molar-refractivity contribution >= 4 is 21.6 Å². The first kappa shape index (κ1) is 18.9. The quantitative estimate of drug-likeness (QED) is 0.847. The Morgan fingerprint density at radius 2 is 1.86 bits per heavy atom.